The van der Waals surface area contributed by atoms with Gasteiger partial charge in [0, 0.05) is 16.2 Å². The van der Waals surface area contributed by atoms with Crippen LogP contribution in [-0.4, -0.2) is 7.11 Å². The molecule has 0 aromatic heterocycles. The van der Waals surface area contributed by atoms with E-state index in [0.29, 0.717) is 22.8 Å². The van der Waals surface area contributed by atoms with Gasteiger partial charge in [0.05, 0.1) is 18.5 Å². The van der Waals surface area contributed by atoms with Crippen LogP contribution < -0.4 is 15.8 Å². The van der Waals surface area contributed by atoms with Gasteiger partial charge >= 0.3 is 0 Å². The maximum absolute atomic E-state index is 13.6. The van der Waals surface area contributed by atoms with Crippen molar-refractivity contribution in [3.8, 4) is 5.75 Å². The van der Waals surface area contributed by atoms with Crippen molar-refractivity contribution in [3.63, 3.8) is 0 Å². The van der Waals surface area contributed by atoms with E-state index in [-0.39, 0.29) is 5.82 Å². The van der Waals surface area contributed by atoms with Crippen LogP contribution in [0.3, 0.4) is 0 Å². The van der Waals surface area contributed by atoms with Crippen LogP contribution in [0.15, 0.2) is 40.9 Å². The van der Waals surface area contributed by atoms with Crippen LogP contribution in [-0.2, 0) is 0 Å². The number of nitrogens with two attached hydrogens (primary N) is 1. The van der Waals surface area contributed by atoms with Crippen molar-refractivity contribution in [3.05, 3.63) is 46.7 Å². The summed E-state index contributed by atoms with van der Waals surface area (Å²) in [5.74, 6) is 0.226. The van der Waals surface area contributed by atoms with Crippen molar-refractivity contribution in [2.45, 2.75) is 0 Å². The third-order valence-electron chi connectivity index (χ3n) is 2.44. The molecule has 0 saturated heterocycles. The summed E-state index contributed by atoms with van der Waals surface area (Å²) >= 11 is 3.30. The highest BCUT2D eigenvalue weighted by molar-refractivity contribution is 9.10. The topological polar surface area (TPSA) is 47.3 Å². The molecule has 0 aliphatic heterocycles. The second kappa shape index (κ2) is 5.27. The van der Waals surface area contributed by atoms with Crippen molar-refractivity contribution in [2.75, 3.05) is 18.2 Å². The Labute approximate surface area is 113 Å². The molecule has 0 atom stereocenters. The molecule has 2 aromatic carbocycles. The molecular weight excluding hydrogens is 299 g/mol. The molecule has 0 fully saturated rings. The predicted molar refractivity (Wildman–Crippen MR) is 74.8 cm³/mol. The van der Waals surface area contributed by atoms with Gasteiger partial charge in [0.1, 0.15) is 11.6 Å². The van der Waals surface area contributed by atoms with Crippen LogP contribution in [0.1, 0.15) is 0 Å². The highest BCUT2D eigenvalue weighted by atomic mass is 79.9. The molecule has 94 valence electrons. The molecule has 0 unspecified atom stereocenters. The minimum atomic E-state index is -0.325. The molecule has 3 N–H and O–H groups in total. The number of benzene rings is 2. The highest BCUT2D eigenvalue weighted by Crippen LogP contribution is 2.29. The van der Waals surface area contributed by atoms with Crippen molar-refractivity contribution < 1.29 is 9.13 Å². The number of ether oxygens (including phenoxy) is 1. The quantitative estimate of drug-likeness (QED) is 0.845. The number of hydrogen-bond acceptors (Lipinski definition) is 3. The molecule has 0 spiro atoms. The normalized spacial score (nSPS) is 10.2. The summed E-state index contributed by atoms with van der Waals surface area (Å²) in [7, 11) is 1.54. The lowest BCUT2D eigenvalue weighted by molar-refractivity contribution is 0.417. The number of halogens is 2. The fourth-order valence-electron chi connectivity index (χ4n) is 1.54. The van der Waals surface area contributed by atoms with Gasteiger partial charge in [0.15, 0.2) is 0 Å². The second-order valence-corrected chi connectivity index (χ2v) is 4.62. The van der Waals surface area contributed by atoms with E-state index in [2.05, 4.69) is 21.2 Å². The van der Waals surface area contributed by atoms with Crippen LogP contribution in [0.25, 0.3) is 0 Å². The fraction of sp³-hybridized carbons (Fsp3) is 0.0769. The van der Waals surface area contributed by atoms with Gasteiger partial charge in [0.2, 0.25) is 0 Å². The average Bonchev–Trinajstić information content (AvgIpc) is 2.36. The van der Waals surface area contributed by atoms with E-state index in [1.165, 1.54) is 13.2 Å². The maximum atomic E-state index is 13.6. The van der Waals surface area contributed by atoms with Crippen LogP contribution in [0.4, 0.5) is 21.5 Å². The van der Waals surface area contributed by atoms with Crippen LogP contribution in [0.2, 0.25) is 0 Å². The molecular formula is C13H12BrFN2O. The van der Waals surface area contributed by atoms with E-state index in [0.717, 1.165) is 4.47 Å². The first-order valence-electron chi connectivity index (χ1n) is 5.26. The standard InChI is InChI=1S/C13H12BrFN2O/c1-18-13-7-9(3-5-11(13)16)17-12-6-8(14)2-4-10(12)15/h2-7,17H,16H2,1H3. The molecule has 0 aliphatic rings. The lowest BCUT2D eigenvalue weighted by atomic mass is 10.2. The molecule has 0 aliphatic carbocycles. The summed E-state index contributed by atoms with van der Waals surface area (Å²) in [5, 5.41) is 2.97. The molecule has 0 radical (unpaired) electrons. The number of nitrogen functional groups attached to an aromatic ring is 1. The summed E-state index contributed by atoms with van der Waals surface area (Å²) in [6.07, 6.45) is 0. The molecule has 2 aromatic rings. The van der Waals surface area contributed by atoms with Crippen molar-refractivity contribution in [2.24, 2.45) is 0 Å². The first kappa shape index (κ1) is 12.7. The zero-order valence-corrected chi connectivity index (χ0v) is 11.3. The van der Waals surface area contributed by atoms with Gasteiger partial charge < -0.3 is 15.8 Å². The number of rotatable bonds is 3. The minimum absolute atomic E-state index is 0.325. The molecule has 2 rings (SSSR count). The van der Waals surface area contributed by atoms with Gasteiger partial charge in [-0.05, 0) is 30.3 Å². The highest BCUT2D eigenvalue weighted by Gasteiger charge is 2.05. The van der Waals surface area contributed by atoms with E-state index < -0.39 is 0 Å². The minimum Gasteiger partial charge on any atom is -0.495 e. The first-order chi connectivity index (χ1) is 8.60. The zero-order chi connectivity index (χ0) is 13.1. The van der Waals surface area contributed by atoms with Crippen molar-refractivity contribution in [1.82, 2.24) is 0 Å². The zero-order valence-electron chi connectivity index (χ0n) is 9.71. The van der Waals surface area contributed by atoms with Gasteiger partial charge in [-0.3, -0.25) is 0 Å². The Hall–Kier alpha value is -1.75. The van der Waals surface area contributed by atoms with Gasteiger partial charge in [-0.2, -0.15) is 0 Å². The molecule has 5 heteroatoms. The number of nitrogens with one attached hydrogen (secondary N) is 1. The maximum Gasteiger partial charge on any atom is 0.146 e. The SMILES string of the molecule is COc1cc(Nc2cc(Br)ccc2F)ccc1N. The molecule has 18 heavy (non-hydrogen) atoms. The van der Waals surface area contributed by atoms with E-state index >= 15 is 0 Å². The Morgan fingerprint density at radius 2 is 2.00 bits per heavy atom. The first-order valence-corrected chi connectivity index (χ1v) is 6.05. The summed E-state index contributed by atoms with van der Waals surface area (Å²) in [6, 6.07) is 9.88. The summed E-state index contributed by atoms with van der Waals surface area (Å²) in [6.45, 7) is 0. The van der Waals surface area contributed by atoms with E-state index in [1.807, 2.05) is 0 Å². The van der Waals surface area contributed by atoms with Crippen LogP contribution in [0, 0.1) is 5.82 Å². The third-order valence-corrected chi connectivity index (χ3v) is 2.93. The van der Waals surface area contributed by atoms with Crippen LogP contribution in [0.5, 0.6) is 5.75 Å². The smallest absolute Gasteiger partial charge is 0.146 e. The predicted octanol–water partition coefficient (Wildman–Crippen LogP) is 3.92. The molecule has 0 saturated carbocycles. The second-order valence-electron chi connectivity index (χ2n) is 3.71. The van der Waals surface area contributed by atoms with E-state index in [9.17, 15) is 4.39 Å². The monoisotopic (exact) mass is 310 g/mol. The Bertz CT molecular complexity index is 575. The number of hydrogen-bond donors (Lipinski definition) is 2. The lowest BCUT2D eigenvalue weighted by Crippen LogP contribution is -1.97. The number of anilines is 3. The lowest BCUT2D eigenvalue weighted by Gasteiger charge is -2.11. The van der Waals surface area contributed by atoms with Gasteiger partial charge in [-0.1, -0.05) is 15.9 Å². The van der Waals surface area contributed by atoms with E-state index in [1.54, 1.807) is 30.3 Å². The van der Waals surface area contributed by atoms with Crippen molar-refractivity contribution >= 4 is 33.0 Å². The number of methoxy groups -OCH3 is 1. The van der Waals surface area contributed by atoms with Crippen molar-refractivity contribution in [1.29, 1.82) is 0 Å². The Balaban J connectivity index is 2.31. The summed E-state index contributed by atoms with van der Waals surface area (Å²) < 4.78 is 19.5. The third kappa shape index (κ3) is 2.73. The fourth-order valence-corrected chi connectivity index (χ4v) is 1.90. The van der Waals surface area contributed by atoms with Gasteiger partial charge in [-0.15, -0.1) is 0 Å². The molecule has 0 heterocycles. The Kier molecular flexibility index (Phi) is 3.72. The Morgan fingerprint density at radius 1 is 1.22 bits per heavy atom. The van der Waals surface area contributed by atoms with Crippen LogP contribution >= 0.6 is 15.9 Å². The summed E-state index contributed by atoms with van der Waals surface area (Å²) in [4.78, 5) is 0. The summed E-state index contributed by atoms with van der Waals surface area (Å²) in [5.41, 5.74) is 7.34. The van der Waals surface area contributed by atoms with E-state index in [4.69, 9.17) is 10.5 Å². The van der Waals surface area contributed by atoms with Gasteiger partial charge in [0.25, 0.3) is 0 Å². The Morgan fingerprint density at radius 3 is 2.72 bits per heavy atom. The molecule has 0 bridgehead atoms. The largest absolute Gasteiger partial charge is 0.495 e. The molecule has 0 amide bonds. The van der Waals surface area contributed by atoms with Gasteiger partial charge in [-0.25, -0.2) is 4.39 Å². The molecule has 3 nitrogen and oxygen atoms in total. The average molecular weight is 311 g/mol.